The standard InChI is InChI=1S/C5H11ClO5/c6-5(11)4(10)3(9)2(8)1-7/h2-5,7-11H,1H2/t2-,3+,4-,5?/m1/s1. The fourth-order valence-electron chi connectivity index (χ4n) is 0.498. The molecule has 0 saturated heterocycles. The number of rotatable bonds is 4. The van der Waals surface area contributed by atoms with Crippen LogP contribution in [0.5, 0.6) is 0 Å². The van der Waals surface area contributed by atoms with Crippen LogP contribution in [0.3, 0.4) is 0 Å². The van der Waals surface area contributed by atoms with Crippen LogP contribution in [0.4, 0.5) is 0 Å². The minimum Gasteiger partial charge on any atom is -0.394 e. The molecule has 0 aliphatic heterocycles. The second-order valence-electron chi connectivity index (χ2n) is 2.10. The Morgan fingerprint density at radius 3 is 1.73 bits per heavy atom. The van der Waals surface area contributed by atoms with Crippen molar-refractivity contribution < 1.29 is 25.5 Å². The zero-order valence-corrected chi connectivity index (χ0v) is 6.39. The van der Waals surface area contributed by atoms with Gasteiger partial charge in [0.25, 0.3) is 0 Å². The number of hydrogen-bond acceptors (Lipinski definition) is 5. The summed E-state index contributed by atoms with van der Waals surface area (Å²) in [5, 5.41) is 43.2. The van der Waals surface area contributed by atoms with Gasteiger partial charge in [-0.2, -0.15) is 0 Å². The number of alkyl halides is 1. The summed E-state index contributed by atoms with van der Waals surface area (Å²) in [5.41, 5.74) is -1.66. The molecule has 0 fully saturated rings. The van der Waals surface area contributed by atoms with Crippen LogP contribution in [0.1, 0.15) is 0 Å². The van der Waals surface area contributed by atoms with Gasteiger partial charge in [0.1, 0.15) is 18.3 Å². The molecule has 1 unspecified atom stereocenters. The van der Waals surface area contributed by atoms with Crippen molar-refractivity contribution in [2.24, 2.45) is 0 Å². The molecule has 0 amide bonds. The Morgan fingerprint density at radius 1 is 1.00 bits per heavy atom. The van der Waals surface area contributed by atoms with E-state index in [4.69, 9.17) is 37.1 Å². The van der Waals surface area contributed by atoms with E-state index in [-0.39, 0.29) is 0 Å². The van der Waals surface area contributed by atoms with Crippen molar-refractivity contribution in [2.45, 2.75) is 23.9 Å². The van der Waals surface area contributed by atoms with E-state index in [1.165, 1.54) is 0 Å². The Labute approximate surface area is 68.5 Å². The Bertz CT molecular complexity index is 109. The third-order valence-corrected chi connectivity index (χ3v) is 1.47. The minimum absolute atomic E-state index is 0.707. The highest BCUT2D eigenvalue weighted by atomic mass is 35.5. The van der Waals surface area contributed by atoms with Gasteiger partial charge in [-0.1, -0.05) is 11.6 Å². The highest BCUT2D eigenvalue weighted by Gasteiger charge is 2.28. The van der Waals surface area contributed by atoms with Gasteiger partial charge in [-0.25, -0.2) is 0 Å². The van der Waals surface area contributed by atoms with Crippen LogP contribution >= 0.6 is 11.6 Å². The molecule has 11 heavy (non-hydrogen) atoms. The van der Waals surface area contributed by atoms with E-state index in [9.17, 15) is 0 Å². The maximum atomic E-state index is 8.85. The molecule has 0 rings (SSSR count). The molecule has 0 aliphatic carbocycles. The lowest BCUT2D eigenvalue weighted by Gasteiger charge is -2.21. The van der Waals surface area contributed by atoms with E-state index in [1.807, 2.05) is 0 Å². The smallest absolute Gasteiger partial charge is 0.156 e. The van der Waals surface area contributed by atoms with E-state index in [0.717, 1.165) is 0 Å². The van der Waals surface area contributed by atoms with Gasteiger partial charge in [0.15, 0.2) is 5.56 Å². The van der Waals surface area contributed by atoms with Crippen LogP contribution in [-0.2, 0) is 0 Å². The molecule has 4 atom stereocenters. The molecule has 5 nitrogen and oxygen atoms in total. The second-order valence-corrected chi connectivity index (χ2v) is 2.55. The van der Waals surface area contributed by atoms with Crippen LogP contribution in [0.25, 0.3) is 0 Å². The normalized spacial score (nSPS) is 22.4. The van der Waals surface area contributed by atoms with E-state index >= 15 is 0 Å². The maximum Gasteiger partial charge on any atom is 0.156 e. The van der Waals surface area contributed by atoms with Crippen molar-refractivity contribution in [1.82, 2.24) is 0 Å². The van der Waals surface area contributed by atoms with Crippen molar-refractivity contribution in [3.63, 3.8) is 0 Å². The molecule has 5 N–H and O–H groups in total. The molecule has 0 aliphatic rings. The van der Waals surface area contributed by atoms with E-state index in [1.54, 1.807) is 0 Å². The summed E-state index contributed by atoms with van der Waals surface area (Å²) >= 11 is 4.98. The first-order valence-electron chi connectivity index (χ1n) is 2.98. The molecule has 0 radical (unpaired) electrons. The van der Waals surface area contributed by atoms with Crippen LogP contribution < -0.4 is 0 Å². The van der Waals surface area contributed by atoms with Crippen molar-refractivity contribution in [2.75, 3.05) is 6.61 Å². The van der Waals surface area contributed by atoms with Crippen LogP contribution in [0.2, 0.25) is 0 Å². The van der Waals surface area contributed by atoms with Gasteiger partial charge >= 0.3 is 0 Å². The van der Waals surface area contributed by atoms with Gasteiger partial charge in [-0.3, -0.25) is 0 Å². The van der Waals surface area contributed by atoms with Crippen LogP contribution in [0.15, 0.2) is 0 Å². The number of halogens is 1. The first-order valence-corrected chi connectivity index (χ1v) is 3.41. The van der Waals surface area contributed by atoms with Gasteiger partial charge in [0.2, 0.25) is 0 Å². The Balaban J connectivity index is 3.90. The second kappa shape index (κ2) is 4.87. The highest BCUT2D eigenvalue weighted by molar-refractivity contribution is 6.19. The molecule has 0 spiro atoms. The number of hydrogen-bond donors (Lipinski definition) is 5. The monoisotopic (exact) mass is 186 g/mol. The zero-order chi connectivity index (χ0) is 9.02. The summed E-state index contributed by atoms with van der Waals surface area (Å²) in [6.07, 6.45) is -4.82. The summed E-state index contributed by atoms with van der Waals surface area (Å²) in [6.45, 7) is -0.707. The number of aliphatic hydroxyl groups excluding tert-OH is 5. The van der Waals surface area contributed by atoms with Crippen molar-refractivity contribution in [1.29, 1.82) is 0 Å². The Morgan fingerprint density at radius 2 is 1.45 bits per heavy atom. The third kappa shape index (κ3) is 3.33. The van der Waals surface area contributed by atoms with Crippen molar-refractivity contribution in [3.05, 3.63) is 0 Å². The molecule has 0 aromatic carbocycles. The maximum absolute atomic E-state index is 8.85. The molecular weight excluding hydrogens is 176 g/mol. The third-order valence-electron chi connectivity index (χ3n) is 1.21. The van der Waals surface area contributed by atoms with Gasteiger partial charge in [0, 0.05) is 0 Å². The van der Waals surface area contributed by atoms with Gasteiger partial charge < -0.3 is 25.5 Å². The fourth-order valence-corrected chi connectivity index (χ4v) is 0.647. The van der Waals surface area contributed by atoms with Crippen LogP contribution in [-0.4, -0.2) is 56.0 Å². The molecule has 68 valence electrons. The average Bonchev–Trinajstić information content (AvgIpc) is 2.00. The molecule has 0 heterocycles. The van der Waals surface area contributed by atoms with E-state index in [2.05, 4.69) is 0 Å². The lowest BCUT2D eigenvalue weighted by Crippen LogP contribution is -2.43. The quantitative estimate of drug-likeness (QED) is 0.316. The SMILES string of the molecule is OC[C@@H](O)[C@H](O)[C@@H](O)C(O)Cl. The van der Waals surface area contributed by atoms with Gasteiger partial charge in [0.05, 0.1) is 6.61 Å². The first kappa shape index (κ1) is 11.1. The van der Waals surface area contributed by atoms with Crippen molar-refractivity contribution >= 4 is 11.6 Å². The molecule has 0 aromatic rings. The zero-order valence-electron chi connectivity index (χ0n) is 5.63. The summed E-state index contributed by atoms with van der Waals surface area (Å²) in [4.78, 5) is 0. The molecule has 6 heteroatoms. The summed E-state index contributed by atoms with van der Waals surface area (Å²) < 4.78 is 0. The predicted octanol–water partition coefficient (Wildman–Crippen LogP) is -2.38. The minimum atomic E-state index is -1.67. The Hall–Kier alpha value is 0.0900. The van der Waals surface area contributed by atoms with Crippen LogP contribution in [0, 0.1) is 0 Å². The first-order chi connectivity index (χ1) is 5.00. The summed E-state index contributed by atoms with van der Waals surface area (Å²) in [5.74, 6) is 0. The summed E-state index contributed by atoms with van der Waals surface area (Å²) in [6, 6.07) is 0. The van der Waals surface area contributed by atoms with Crippen molar-refractivity contribution in [3.8, 4) is 0 Å². The largest absolute Gasteiger partial charge is 0.394 e. The van der Waals surface area contributed by atoms with Gasteiger partial charge in [-0.15, -0.1) is 0 Å². The Kier molecular flexibility index (Phi) is 4.91. The molecule has 0 bridgehead atoms. The van der Waals surface area contributed by atoms with Gasteiger partial charge in [-0.05, 0) is 0 Å². The fraction of sp³-hybridized carbons (Fsp3) is 1.00. The number of aliphatic hydroxyl groups is 5. The predicted molar refractivity (Wildman–Crippen MR) is 37.0 cm³/mol. The summed E-state index contributed by atoms with van der Waals surface area (Å²) in [7, 11) is 0. The average molecular weight is 187 g/mol. The molecular formula is C5H11ClO5. The highest BCUT2D eigenvalue weighted by Crippen LogP contribution is 2.07. The lowest BCUT2D eigenvalue weighted by atomic mass is 10.1. The lowest BCUT2D eigenvalue weighted by molar-refractivity contribution is -0.0981. The van der Waals surface area contributed by atoms with E-state index < -0.39 is 30.5 Å². The molecule has 0 saturated carbocycles. The van der Waals surface area contributed by atoms with E-state index in [0.29, 0.717) is 0 Å². The topological polar surface area (TPSA) is 101 Å². The molecule has 0 aromatic heterocycles.